The van der Waals surface area contributed by atoms with E-state index in [2.05, 4.69) is 10.6 Å². The summed E-state index contributed by atoms with van der Waals surface area (Å²) in [6, 6.07) is 13.5. The fraction of sp³-hybridized carbons (Fsp3) is 0.200. The molecule has 0 aliphatic carbocycles. The van der Waals surface area contributed by atoms with Gasteiger partial charge in [-0.25, -0.2) is 10.2 Å². The topological polar surface area (TPSA) is 99.3 Å². The fourth-order valence-electron chi connectivity index (χ4n) is 2.85. The van der Waals surface area contributed by atoms with Crippen molar-refractivity contribution in [3.63, 3.8) is 0 Å². The van der Waals surface area contributed by atoms with E-state index in [0.29, 0.717) is 23.6 Å². The van der Waals surface area contributed by atoms with E-state index in [9.17, 15) is 14.9 Å². The summed E-state index contributed by atoms with van der Waals surface area (Å²) in [7, 11) is 0. The molecule has 0 fully saturated rings. The molecule has 1 heterocycles. The average Bonchev–Trinajstić information content (AvgIpc) is 3.11. The van der Waals surface area contributed by atoms with Gasteiger partial charge in [-0.15, -0.1) is 0 Å². The lowest BCUT2D eigenvalue weighted by Crippen LogP contribution is -2.26. The second-order valence-electron chi connectivity index (χ2n) is 6.28. The molecule has 2 aromatic carbocycles. The molecule has 3 aromatic rings. The van der Waals surface area contributed by atoms with E-state index >= 15 is 0 Å². The Labute approximate surface area is 161 Å². The number of nitro groups is 1. The zero-order valence-electron chi connectivity index (χ0n) is 15.8. The van der Waals surface area contributed by atoms with E-state index < -0.39 is 10.8 Å². The summed E-state index contributed by atoms with van der Waals surface area (Å²) in [5.74, 6) is -0.428. The minimum atomic E-state index is -0.459. The molecule has 0 saturated heterocycles. The number of hydrogen-bond acceptors (Lipinski definition) is 5. The van der Waals surface area contributed by atoms with Crippen molar-refractivity contribution in [2.24, 2.45) is 0 Å². The van der Waals surface area contributed by atoms with Crippen molar-refractivity contribution in [1.82, 2.24) is 15.3 Å². The molecular formula is C20H20N4O4. The Morgan fingerprint density at radius 3 is 2.50 bits per heavy atom. The van der Waals surface area contributed by atoms with Crippen molar-refractivity contribution in [1.29, 1.82) is 0 Å². The summed E-state index contributed by atoms with van der Waals surface area (Å²) in [6.07, 6.45) is 0. The molecule has 8 heteroatoms. The zero-order chi connectivity index (χ0) is 20.3. The monoisotopic (exact) mass is 380 g/mol. The Kier molecular flexibility index (Phi) is 5.51. The second-order valence-corrected chi connectivity index (χ2v) is 6.28. The third-order valence-electron chi connectivity index (χ3n) is 4.21. The van der Waals surface area contributed by atoms with E-state index in [1.807, 2.05) is 32.0 Å². The van der Waals surface area contributed by atoms with Crippen molar-refractivity contribution in [3.8, 4) is 16.9 Å². The van der Waals surface area contributed by atoms with E-state index in [1.54, 1.807) is 29.8 Å². The largest absolute Gasteiger partial charge is 0.293 e. The Bertz CT molecular complexity index is 1030. The van der Waals surface area contributed by atoms with Gasteiger partial charge < -0.3 is 0 Å². The number of aromatic nitrogens is 2. The molecule has 3 rings (SSSR count). The Hall–Kier alpha value is -3.52. The highest BCUT2D eigenvalue weighted by atomic mass is 16.6. The van der Waals surface area contributed by atoms with Gasteiger partial charge in [0.05, 0.1) is 22.9 Å². The molecule has 0 atom stereocenters. The number of hydrogen-bond donors (Lipinski definition) is 1. The molecular weight excluding hydrogens is 360 g/mol. The van der Waals surface area contributed by atoms with Gasteiger partial charge >= 0.3 is 0 Å². The van der Waals surface area contributed by atoms with Gasteiger partial charge in [0.25, 0.3) is 11.6 Å². The number of carbonyl (C=O) groups is 1. The molecule has 0 spiro atoms. The van der Waals surface area contributed by atoms with Gasteiger partial charge in [0.15, 0.2) is 0 Å². The Morgan fingerprint density at radius 2 is 1.89 bits per heavy atom. The molecule has 1 N–H and O–H groups in total. The van der Waals surface area contributed by atoms with Crippen LogP contribution in [0.25, 0.3) is 16.9 Å². The van der Waals surface area contributed by atoms with Crippen LogP contribution in [-0.2, 0) is 4.84 Å². The molecule has 0 bridgehead atoms. The lowest BCUT2D eigenvalue weighted by Gasteiger charge is -2.11. The van der Waals surface area contributed by atoms with Crippen LogP contribution in [0, 0.1) is 24.0 Å². The minimum Gasteiger partial charge on any atom is -0.274 e. The molecule has 0 aliphatic rings. The van der Waals surface area contributed by atoms with Gasteiger partial charge in [-0.3, -0.25) is 19.7 Å². The highest BCUT2D eigenvalue weighted by Crippen LogP contribution is 2.25. The number of hydroxylamine groups is 1. The fourth-order valence-corrected chi connectivity index (χ4v) is 2.85. The Morgan fingerprint density at radius 1 is 1.18 bits per heavy atom. The molecule has 0 aliphatic heterocycles. The molecule has 144 valence electrons. The predicted molar refractivity (Wildman–Crippen MR) is 104 cm³/mol. The second kappa shape index (κ2) is 8.01. The lowest BCUT2D eigenvalue weighted by atomic mass is 10.1. The van der Waals surface area contributed by atoms with Crippen molar-refractivity contribution in [2.75, 3.05) is 6.61 Å². The number of nitrogens with zero attached hydrogens (tertiary/aromatic N) is 3. The molecule has 1 aromatic heterocycles. The third-order valence-corrected chi connectivity index (χ3v) is 4.21. The highest BCUT2D eigenvalue weighted by molar-refractivity contribution is 5.93. The maximum Gasteiger partial charge on any atom is 0.293 e. The molecule has 28 heavy (non-hydrogen) atoms. The van der Waals surface area contributed by atoms with Crippen LogP contribution in [0.2, 0.25) is 0 Å². The molecule has 0 unspecified atom stereocenters. The average molecular weight is 380 g/mol. The molecule has 8 nitrogen and oxygen atoms in total. The number of nitro benzene ring substituents is 1. The quantitative estimate of drug-likeness (QED) is 0.519. The van der Waals surface area contributed by atoms with E-state index in [-0.39, 0.29) is 5.69 Å². The van der Waals surface area contributed by atoms with Crippen molar-refractivity contribution >= 4 is 11.6 Å². The summed E-state index contributed by atoms with van der Waals surface area (Å²) in [6.45, 7) is 6.04. The first-order valence-electron chi connectivity index (χ1n) is 8.75. The van der Waals surface area contributed by atoms with Crippen LogP contribution in [-0.4, -0.2) is 27.2 Å². The van der Waals surface area contributed by atoms with Gasteiger partial charge in [-0.2, -0.15) is 5.10 Å². The molecule has 1 amide bonds. The zero-order valence-corrected chi connectivity index (χ0v) is 15.8. The van der Waals surface area contributed by atoms with Gasteiger partial charge in [-0.1, -0.05) is 17.7 Å². The standard InChI is InChI=1S/C20H20N4O4/c1-4-28-22-20(25)19-12-17(15-6-8-16(9-7-15)24(26)27)21-23(19)18-10-5-13(2)11-14(18)3/h5-12H,4H2,1-3H3,(H,22,25). The number of amides is 1. The van der Waals surface area contributed by atoms with Crippen LogP contribution in [0.4, 0.5) is 5.69 Å². The van der Waals surface area contributed by atoms with Crippen LogP contribution in [0.5, 0.6) is 0 Å². The third kappa shape index (κ3) is 3.91. The first-order valence-corrected chi connectivity index (χ1v) is 8.75. The molecule has 0 saturated carbocycles. The van der Waals surface area contributed by atoms with Crippen molar-refractivity contribution in [2.45, 2.75) is 20.8 Å². The number of non-ortho nitro benzene ring substituents is 1. The lowest BCUT2D eigenvalue weighted by molar-refractivity contribution is -0.384. The van der Waals surface area contributed by atoms with Gasteiger partial charge in [-0.05, 0) is 50.6 Å². The summed E-state index contributed by atoms with van der Waals surface area (Å²) >= 11 is 0. The van der Waals surface area contributed by atoms with E-state index in [1.165, 1.54) is 12.1 Å². The van der Waals surface area contributed by atoms with Crippen LogP contribution in [0.1, 0.15) is 28.5 Å². The van der Waals surface area contributed by atoms with Gasteiger partial charge in [0, 0.05) is 17.7 Å². The minimum absolute atomic E-state index is 0.00752. The number of aryl methyl sites for hydroxylation is 2. The summed E-state index contributed by atoms with van der Waals surface area (Å²) < 4.78 is 1.56. The van der Waals surface area contributed by atoms with E-state index in [4.69, 9.17) is 4.84 Å². The summed E-state index contributed by atoms with van der Waals surface area (Å²) in [4.78, 5) is 28.0. The number of nitrogens with one attached hydrogen (secondary N) is 1. The maximum absolute atomic E-state index is 12.6. The SMILES string of the molecule is CCONC(=O)c1cc(-c2ccc([N+](=O)[O-])cc2)nn1-c1ccc(C)cc1C. The van der Waals surface area contributed by atoms with Crippen molar-refractivity contribution in [3.05, 3.63) is 75.5 Å². The summed E-state index contributed by atoms with van der Waals surface area (Å²) in [5, 5.41) is 15.4. The number of carbonyl (C=O) groups excluding carboxylic acids is 1. The smallest absolute Gasteiger partial charge is 0.274 e. The van der Waals surface area contributed by atoms with Crippen LogP contribution >= 0.6 is 0 Å². The first-order chi connectivity index (χ1) is 13.4. The van der Waals surface area contributed by atoms with E-state index in [0.717, 1.165) is 16.8 Å². The van der Waals surface area contributed by atoms with Gasteiger partial charge in [0.1, 0.15) is 5.69 Å². The summed E-state index contributed by atoms with van der Waals surface area (Å²) in [5.41, 5.74) is 6.70. The maximum atomic E-state index is 12.6. The number of rotatable bonds is 6. The Balaban J connectivity index is 2.09. The van der Waals surface area contributed by atoms with Crippen LogP contribution < -0.4 is 5.48 Å². The molecule has 0 radical (unpaired) electrons. The predicted octanol–water partition coefficient (Wildman–Crippen LogP) is 3.75. The first kappa shape index (κ1) is 19.2. The van der Waals surface area contributed by atoms with Gasteiger partial charge in [0.2, 0.25) is 0 Å². The highest BCUT2D eigenvalue weighted by Gasteiger charge is 2.19. The van der Waals surface area contributed by atoms with Crippen LogP contribution in [0.15, 0.2) is 48.5 Å². The van der Waals surface area contributed by atoms with Crippen LogP contribution in [0.3, 0.4) is 0 Å². The number of benzene rings is 2. The van der Waals surface area contributed by atoms with Crippen molar-refractivity contribution < 1.29 is 14.6 Å². The normalized spacial score (nSPS) is 10.7.